The number of rotatable bonds is 7. The highest BCUT2D eigenvalue weighted by Gasteiger charge is 2.06. The molecule has 0 saturated heterocycles. The number of hydrogen-bond acceptors (Lipinski definition) is 3. The van der Waals surface area contributed by atoms with Gasteiger partial charge in [-0.25, -0.2) is 0 Å². The Morgan fingerprint density at radius 3 is 2.44 bits per heavy atom. The molecule has 0 radical (unpaired) electrons. The molecule has 1 heterocycles. The zero-order valence-electron chi connectivity index (χ0n) is 15.2. The van der Waals surface area contributed by atoms with Crippen LogP contribution in [-0.2, 0) is 20.1 Å². The van der Waals surface area contributed by atoms with Crippen molar-refractivity contribution >= 4 is 5.91 Å². The van der Waals surface area contributed by atoms with Crippen molar-refractivity contribution in [3.63, 3.8) is 0 Å². The molecule has 0 atom stereocenters. The summed E-state index contributed by atoms with van der Waals surface area (Å²) in [4.78, 5) is 23.7. The summed E-state index contributed by atoms with van der Waals surface area (Å²) in [6, 6.07) is 20.8. The van der Waals surface area contributed by atoms with Gasteiger partial charge in [0.1, 0.15) is 12.4 Å². The van der Waals surface area contributed by atoms with Crippen LogP contribution in [0, 0.1) is 0 Å². The molecule has 0 spiro atoms. The van der Waals surface area contributed by atoms with Crippen LogP contribution in [0.1, 0.15) is 21.5 Å². The largest absolute Gasteiger partial charge is 0.489 e. The fraction of sp³-hybridized carbons (Fsp3) is 0.182. The maximum absolute atomic E-state index is 12.1. The summed E-state index contributed by atoms with van der Waals surface area (Å²) in [5.74, 6) is 0.572. The van der Waals surface area contributed by atoms with E-state index in [1.54, 1.807) is 19.3 Å². The second-order valence-electron chi connectivity index (χ2n) is 6.29. The number of ether oxygens (including phenoxy) is 1. The van der Waals surface area contributed by atoms with Crippen molar-refractivity contribution in [1.82, 2.24) is 9.88 Å². The minimum Gasteiger partial charge on any atom is -0.489 e. The molecule has 0 bridgehead atoms. The first-order valence-electron chi connectivity index (χ1n) is 8.82. The van der Waals surface area contributed by atoms with Gasteiger partial charge in [0.2, 0.25) is 0 Å². The molecule has 5 nitrogen and oxygen atoms in total. The number of hydrogen-bond donors (Lipinski definition) is 1. The quantitative estimate of drug-likeness (QED) is 0.703. The van der Waals surface area contributed by atoms with E-state index >= 15 is 0 Å². The third kappa shape index (κ3) is 5.31. The average Bonchev–Trinajstić information content (AvgIpc) is 2.70. The van der Waals surface area contributed by atoms with Gasteiger partial charge in [-0.05, 0) is 35.7 Å². The Balaban J connectivity index is 1.46. The van der Waals surface area contributed by atoms with Gasteiger partial charge in [-0.2, -0.15) is 0 Å². The van der Waals surface area contributed by atoms with Crippen molar-refractivity contribution in [3.8, 4) is 5.75 Å². The van der Waals surface area contributed by atoms with Crippen LogP contribution in [0.2, 0.25) is 0 Å². The molecule has 5 heteroatoms. The first kappa shape index (κ1) is 18.5. The van der Waals surface area contributed by atoms with Crippen LogP contribution in [0.4, 0.5) is 0 Å². The summed E-state index contributed by atoms with van der Waals surface area (Å²) >= 11 is 0. The van der Waals surface area contributed by atoms with E-state index in [2.05, 4.69) is 5.32 Å². The maximum atomic E-state index is 12.1. The third-order valence-electron chi connectivity index (χ3n) is 4.24. The highest BCUT2D eigenvalue weighted by Crippen LogP contribution is 2.14. The van der Waals surface area contributed by atoms with E-state index in [0.29, 0.717) is 25.1 Å². The summed E-state index contributed by atoms with van der Waals surface area (Å²) in [5, 5.41) is 2.84. The van der Waals surface area contributed by atoms with Crippen LogP contribution in [-0.4, -0.2) is 17.0 Å². The molecule has 1 N–H and O–H groups in total. The monoisotopic (exact) mass is 362 g/mol. The van der Waals surface area contributed by atoms with Gasteiger partial charge >= 0.3 is 0 Å². The number of benzene rings is 2. The molecule has 1 aromatic heterocycles. The van der Waals surface area contributed by atoms with E-state index in [9.17, 15) is 9.59 Å². The Bertz CT molecular complexity index is 947. The number of pyridine rings is 1. The van der Waals surface area contributed by atoms with Crippen molar-refractivity contribution in [2.45, 2.75) is 13.0 Å². The summed E-state index contributed by atoms with van der Waals surface area (Å²) in [6.07, 6.45) is 2.29. The van der Waals surface area contributed by atoms with Crippen molar-refractivity contribution in [2.24, 2.45) is 7.05 Å². The summed E-state index contributed by atoms with van der Waals surface area (Å²) in [5.41, 5.74) is 2.41. The summed E-state index contributed by atoms with van der Waals surface area (Å²) in [7, 11) is 1.65. The molecule has 27 heavy (non-hydrogen) atoms. The van der Waals surface area contributed by atoms with Crippen LogP contribution < -0.4 is 15.6 Å². The van der Waals surface area contributed by atoms with Crippen molar-refractivity contribution < 1.29 is 9.53 Å². The lowest BCUT2D eigenvalue weighted by molar-refractivity contribution is 0.0954. The van der Waals surface area contributed by atoms with E-state index in [0.717, 1.165) is 16.9 Å². The molecule has 0 aliphatic heterocycles. The van der Waals surface area contributed by atoms with Crippen molar-refractivity contribution in [1.29, 1.82) is 0 Å². The van der Waals surface area contributed by atoms with Gasteiger partial charge in [-0.3, -0.25) is 9.59 Å². The van der Waals surface area contributed by atoms with E-state index in [1.807, 2.05) is 54.6 Å². The minimum atomic E-state index is -0.240. The average molecular weight is 362 g/mol. The van der Waals surface area contributed by atoms with E-state index in [4.69, 9.17) is 4.74 Å². The standard InChI is InChI=1S/C22H22N2O3/c1-24-14-12-19(15-21(24)25)22(26)23-13-11-17-7-9-20(10-8-17)27-16-18-5-3-2-4-6-18/h2-10,12,14-15H,11,13,16H2,1H3,(H,23,26). The molecule has 0 fully saturated rings. The highest BCUT2D eigenvalue weighted by atomic mass is 16.5. The molecular weight excluding hydrogens is 340 g/mol. The topological polar surface area (TPSA) is 60.3 Å². The predicted molar refractivity (Wildman–Crippen MR) is 105 cm³/mol. The molecule has 3 rings (SSSR count). The fourth-order valence-electron chi connectivity index (χ4n) is 2.61. The van der Waals surface area contributed by atoms with Crippen molar-refractivity contribution in [3.05, 3.63) is 100.0 Å². The third-order valence-corrected chi connectivity index (χ3v) is 4.24. The van der Waals surface area contributed by atoms with Gasteiger partial charge in [-0.1, -0.05) is 42.5 Å². The van der Waals surface area contributed by atoms with Gasteiger partial charge in [0.15, 0.2) is 0 Å². The van der Waals surface area contributed by atoms with Gasteiger partial charge in [0.25, 0.3) is 11.5 Å². The second-order valence-corrected chi connectivity index (χ2v) is 6.29. The molecule has 0 unspecified atom stereocenters. The highest BCUT2D eigenvalue weighted by molar-refractivity contribution is 5.93. The molecule has 0 aliphatic rings. The van der Waals surface area contributed by atoms with Gasteiger partial charge in [-0.15, -0.1) is 0 Å². The Hall–Kier alpha value is -3.34. The van der Waals surface area contributed by atoms with Crippen molar-refractivity contribution in [2.75, 3.05) is 6.54 Å². The number of aromatic nitrogens is 1. The van der Waals surface area contributed by atoms with Crippen LogP contribution >= 0.6 is 0 Å². The van der Waals surface area contributed by atoms with Crippen LogP contribution in [0.3, 0.4) is 0 Å². The summed E-state index contributed by atoms with van der Waals surface area (Å²) in [6.45, 7) is 1.03. The molecule has 3 aromatic rings. The lowest BCUT2D eigenvalue weighted by Gasteiger charge is -2.08. The second kappa shape index (κ2) is 8.85. The SMILES string of the molecule is Cn1ccc(C(=O)NCCc2ccc(OCc3ccccc3)cc2)cc1=O. The number of carbonyl (C=O) groups is 1. The first-order chi connectivity index (χ1) is 13.1. The normalized spacial score (nSPS) is 10.4. The number of amides is 1. The Labute approximate surface area is 158 Å². The number of carbonyl (C=O) groups excluding carboxylic acids is 1. The van der Waals surface area contributed by atoms with Crippen LogP contribution in [0.5, 0.6) is 5.75 Å². The first-order valence-corrected chi connectivity index (χ1v) is 8.82. The van der Waals surface area contributed by atoms with E-state index < -0.39 is 0 Å². The molecule has 0 saturated carbocycles. The predicted octanol–water partition coefficient (Wildman–Crippen LogP) is 2.94. The van der Waals surface area contributed by atoms with Gasteiger partial charge < -0.3 is 14.6 Å². The Morgan fingerprint density at radius 2 is 1.74 bits per heavy atom. The lowest BCUT2D eigenvalue weighted by Crippen LogP contribution is -2.27. The lowest BCUT2D eigenvalue weighted by atomic mass is 10.1. The van der Waals surface area contributed by atoms with Gasteiger partial charge in [0, 0.05) is 31.4 Å². The summed E-state index contributed by atoms with van der Waals surface area (Å²) < 4.78 is 7.20. The molecular formula is C22H22N2O3. The van der Waals surface area contributed by atoms with E-state index in [-0.39, 0.29) is 11.5 Å². The smallest absolute Gasteiger partial charge is 0.251 e. The molecule has 2 aromatic carbocycles. The molecule has 1 amide bonds. The van der Waals surface area contributed by atoms with Gasteiger partial charge in [0.05, 0.1) is 0 Å². The number of nitrogens with one attached hydrogen (secondary N) is 1. The molecule has 138 valence electrons. The Morgan fingerprint density at radius 1 is 1.00 bits per heavy atom. The maximum Gasteiger partial charge on any atom is 0.251 e. The van der Waals surface area contributed by atoms with E-state index in [1.165, 1.54) is 10.6 Å². The molecule has 0 aliphatic carbocycles. The number of aryl methyl sites for hydroxylation is 1. The zero-order chi connectivity index (χ0) is 19.1. The zero-order valence-corrected chi connectivity index (χ0v) is 15.2. The van der Waals surface area contributed by atoms with Crippen LogP contribution in [0.25, 0.3) is 0 Å². The Kier molecular flexibility index (Phi) is 6.05. The fourth-order valence-corrected chi connectivity index (χ4v) is 2.61. The minimum absolute atomic E-state index is 0.200. The van der Waals surface area contributed by atoms with Crippen LogP contribution in [0.15, 0.2) is 77.7 Å². The number of nitrogens with zero attached hydrogens (tertiary/aromatic N) is 1.